The summed E-state index contributed by atoms with van der Waals surface area (Å²) in [5.74, 6) is 1.16. The minimum atomic E-state index is -0.189. The molecule has 0 aliphatic carbocycles. The van der Waals surface area contributed by atoms with E-state index in [9.17, 15) is 0 Å². The van der Waals surface area contributed by atoms with Crippen molar-refractivity contribution in [3.05, 3.63) is 29.0 Å². The molecule has 2 rings (SSSR count). The zero-order valence-corrected chi connectivity index (χ0v) is 12.5. The van der Waals surface area contributed by atoms with Crippen molar-refractivity contribution in [2.24, 2.45) is 5.92 Å². The standard InChI is InChI=1S/C14H18ClN3O2/c1-4-19-12(8(2)3)13-17-14(20-18-13)10-6-5-9(15)7-11(10)16/h5-8,12H,4,16H2,1-3H3. The Hall–Kier alpha value is -1.59. The number of nitrogens with zero attached hydrogens (tertiary/aromatic N) is 2. The largest absolute Gasteiger partial charge is 0.398 e. The summed E-state index contributed by atoms with van der Waals surface area (Å²) in [6.45, 7) is 6.63. The van der Waals surface area contributed by atoms with E-state index in [1.165, 1.54) is 0 Å². The Labute approximate surface area is 123 Å². The Kier molecular flexibility index (Phi) is 4.62. The van der Waals surface area contributed by atoms with E-state index in [0.29, 0.717) is 34.6 Å². The third-order valence-electron chi connectivity index (χ3n) is 2.89. The van der Waals surface area contributed by atoms with Crippen molar-refractivity contribution in [2.75, 3.05) is 12.3 Å². The second-order valence-electron chi connectivity index (χ2n) is 4.81. The van der Waals surface area contributed by atoms with Crippen molar-refractivity contribution in [1.82, 2.24) is 10.1 Å². The van der Waals surface area contributed by atoms with Gasteiger partial charge in [-0.05, 0) is 31.0 Å². The van der Waals surface area contributed by atoms with Crippen LogP contribution >= 0.6 is 11.6 Å². The summed E-state index contributed by atoms with van der Waals surface area (Å²) in [5.41, 5.74) is 7.09. The highest BCUT2D eigenvalue weighted by Crippen LogP contribution is 2.30. The molecule has 0 aliphatic heterocycles. The molecule has 5 nitrogen and oxygen atoms in total. The second-order valence-corrected chi connectivity index (χ2v) is 5.25. The second kappa shape index (κ2) is 6.24. The van der Waals surface area contributed by atoms with E-state index >= 15 is 0 Å². The topological polar surface area (TPSA) is 74.2 Å². The van der Waals surface area contributed by atoms with Gasteiger partial charge in [-0.25, -0.2) is 0 Å². The SMILES string of the molecule is CCOC(c1noc(-c2ccc(Cl)cc2N)n1)C(C)C. The van der Waals surface area contributed by atoms with Gasteiger partial charge in [-0.2, -0.15) is 4.98 Å². The van der Waals surface area contributed by atoms with Gasteiger partial charge in [-0.1, -0.05) is 30.6 Å². The smallest absolute Gasteiger partial charge is 0.260 e. The van der Waals surface area contributed by atoms with E-state index in [-0.39, 0.29) is 12.0 Å². The zero-order chi connectivity index (χ0) is 14.7. The van der Waals surface area contributed by atoms with Gasteiger partial charge in [0.15, 0.2) is 0 Å². The molecule has 0 fully saturated rings. The number of rotatable bonds is 5. The van der Waals surface area contributed by atoms with Crippen LogP contribution in [0.15, 0.2) is 22.7 Å². The normalized spacial score (nSPS) is 12.8. The van der Waals surface area contributed by atoms with E-state index in [0.717, 1.165) is 0 Å². The lowest BCUT2D eigenvalue weighted by Crippen LogP contribution is -2.12. The van der Waals surface area contributed by atoms with Crippen LogP contribution in [0.25, 0.3) is 11.5 Å². The Balaban J connectivity index is 2.32. The first-order valence-corrected chi connectivity index (χ1v) is 6.91. The highest BCUT2D eigenvalue weighted by atomic mass is 35.5. The van der Waals surface area contributed by atoms with Gasteiger partial charge in [0.2, 0.25) is 5.82 Å². The molecule has 1 aromatic heterocycles. The molecule has 6 heteroatoms. The van der Waals surface area contributed by atoms with Gasteiger partial charge in [-0.15, -0.1) is 0 Å². The Morgan fingerprint density at radius 3 is 2.75 bits per heavy atom. The molecule has 1 heterocycles. The average Bonchev–Trinajstić information content (AvgIpc) is 2.84. The lowest BCUT2D eigenvalue weighted by molar-refractivity contribution is 0.0217. The molecule has 0 bridgehead atoms. The Bertz CT molecular complexity index is 584. The molecule has 0 saturated heterocycles. The molecule has 2 N–H and O–H groups in total. The Morgan fingerprint density at radius 1 is 1.40 bits per heavy atom. The summed E-state index contributed by atoms with van der Waals surface area (Å²) < 4.78 is 10.9. The molecule has 0 spiro atoms. The molecule has 108 valence electrons. The van der Waals surface area contributed by atoms with E-state index in [2.05, 4.69) is 10.1 Å². The van der Waals surface area contributed by atoms with Crippen LogP contribution in [0.4, 0.5) is 5.69 Å². The summed E-state index contributed by atoms with van der Waals surface area (Å²) in [5, 5.41) is 4.57. The van der Waals surface area contributed by atoms with Crippen LogP contribution in [0.3, 0.4) is 0 Å². The van der Waals surface area contributed by atoms with Crippen molar-refractivity contribution in [3.8, 4) is 11.5 Å². The van der Waals surface area contributed by atoms with Crippen LogP contribution in [0.2, 0.25) is 5.02 Å². The number of hydrogen-bond acceptors (Lipinski definition) is 5. The lowest BCUT2D eigenvalue weighted by Gasteiger charge is -2.16. The predicted molar refractivity (Wildman–Crippen MR) is 78.4 cm³/mol. The molecule has 0 radical (unpaired) electrons. The van der Waals surface area contributed by atoms with Crippen LogP contribution in [0.5, 0.6) is 0 Å². The maximum Gasteiger partial charge on any atom is 0.260 e. The summed E-state index contributed by atoms with van der Waals surface area (Å²) in [4.78, 5) is 4.39. The fourth-order valence-electron chi connectivity index (χ4n) is 1.93. The number of benzene rings is 1. The number of ether oxygens (including phenoxy) is 1. The highest BCUT2D eigenvalue weighted by molar-refractivity contribution is 6.31. The van der Waals surface area contributed by atoms with Crippen molar-refractivity contribution in [2.45, 2.75) is 26.9 Å². The first-order valence-electron chi connectivity index (χ1n) is 6.53. The molecule has 1 aromatic carbocycles. The number of anilines is 1. The monoisotopic (exact) mass is 295 g/mol. The fraction of sp³-hybridized carbons (Fsp3) is 0.429. The molecule has 1 atom stereocenters. The molecule has 0 amide bonds. The minimum Gasteiger partial charge on any atom is -0.398 e. The van der Waals surface area contributed by atoms with Gasteiger partial charge >= 0.3 is 0 Å². The van der Waals surface area contributed by atoms with E-state index < -0.39 is 0 Å². The lowest BCUT2D eigenvalue weighted by atomic mass is 10.1. The third-order valence-corrected chi connectivity index (χ3v) is 3.13. The van der Waals surface area contributed by atoms with Crippen molar-refractivity contribution < 1.29 is 9.26 Å². The zero-order valence-electron chi connectivity index (χ0n) is 11.8. The molecule has 1 unspecified atom stereocenters. The maximum absolute atomic E-state index is 5.91. The van der Waals surface area contributed by atoms with Gasteiger partial charge in [0, 0.05) is 17.3 Å². The van der Waals surface area contributed by atoms with Crippen LogP contribution in [-0.4, -0.2) is 16.7 Å². The first-order chi connectivity index (χ1) is 9.52. The number of nitrogens with two attached hydrogens (primary N) is 1. The predicted octanol–water partition coefficient (Wildman–Crippen LogP) is 3.71. The molecular weight excluding hydrogens is 278 g/mol. The van der Waals surface area contributed by atoms with Gasteiger partial charge < -0.3 is 15.0 Å². The fourth-order valence-corrected chi connectivity index (χ4v) is 2.11. The van der Waals surface area contributed by atoms with E-state index in [1.54, 1.807) is 18.2 Å². The maximum atomic E-state index is 5.91. The minimum absolute atomic E-state index is 0.189. The van der Waals surface area contributed by atoms with E-state index in [1.807, 2.05) is 20.8 Å². The molecule has 0 aliphatic rings. The van der Waals surface area contributed by atoms with Gasteiger partial charge in [0.25, 0.3) is 5.89 Å². The number of hydrogen-bond donors (Lipinski definition) is 1. The summed E-state index contributed by atoms with van der Waals surface area (Å²) in [6, 6.07) is 5.16. The third kappa shape index (κ3) is 3.11. The highest BCUT2D eigenvalue weighted by Gasteiger charge is 2.23. The average molecular weight is 296 g/mol. The summed E-state index contributed by atoms with van der Waals surface area (Å²) in [6.07, 6.45) is -0.189. The van der Waals surface area contributed by atoms with Crippen molar-refractivity contribution in [1.29, 1.82) is 0 Å². The molecule has 20 heavy (non-hydrogen) atoms. The van der Waals surface area contributed by atoms with Crippen molar-refractivity contribution >= 4 is 17.3 Å². The first kappa shape index (κ1) is 14.8. The van der Waals surface area contributed by atoms with Gasteiger partial charge in [0.05, 0.1) is 5.56 Å². The number of aromatic nitrogens is 2. The van der Waals surface area contributed by atoms with Gasteiger partial charge in [-0.3, -0.25) is 0 Å². The Morgan fingerprint density at radius 2 is 2.15 bits per heavy atom. The summed E-state index contributed by atoms with van der Waals surface area (Å²) in [7, 11) is 0. The molecule has 0 saturated carbocycles. The van der Waals surface area contributed by atoms with Crippen LogP contribution in [-0.2, 0) is 4.74 Å². The quantitative estimate of drug-likeness (QED) is 0.851. The number of halogens is 1. The molecule has 2 aromatic rings. The van der Waals surface area contributed by atoms with E-state index in [4.69, 9.17) is 26.6 Å². The number of nitrogen functional groups attached to an aromatic ring is 1. The van der Waals surface area contributed by atoms with Crippen LogP contribution in [0.1, 0.15) is 32.7 Å². The van der Waals surface area contributed by atoms with Gasteiger partial charge in [0.1, 0.15) is 6.10 Å². The van der Waals surface area contributed by atoms with Crippen LogP contribution in [0, 0.1) is 5.92 Å². The summed E-state index contributed by atoms with van der Waals surface area (Å²) >= 11 is 5.88. The molecular formula is C14H18ClN3O2. The van der Waals surface area contributed by atoms with Crippen molar-refractivity contribution in [3.63, 3.8) is 0 Å². The van der Waals surface area contributed by atoms with Crippen LogP contribution < -0.4 is 5.73 Å².